The van der Waals surface area contributed by atoms with Gasteiger partial charge in [0, 0.05) is 49.4 Å². The Bertz CT molecular complexity index is 724. The van der Waals surface area contributed by atoms with E-state index in [1.54, 1.807) is 24.0 Å². The number of amides is 2. The highest BCUT2D eigenvalue weighted by atomic mass is 16.6. The van der Waals surface area contributed by atoms with E-state index in [2.05, 4.69) is 10.2 Å². The zero-order chi connectivity index (χ0) is 18.8. The monoisotopic (exact) mass is 360 g/mol. The summed E-state index contributed by atoms with van der Waals surface area (Å²) in [7, 11) is 0. The number of rotatable bonds is 5. The minimum atomic E-state index is -0.468. The quantitative estimate of drug-likeness (QED) is 0.631. The van der Waals surface area contributed by atoms with E-state index in [1.165, 1.54) is 6.07 Å². The summed E-state index contributed by atoms with van der Waals surface area (Å²) >= 11 is 0. The van der Waals surface area contributed by atoms with Crippen LogP contribution in [0.4, 0.5) is 5.69 Å². The van der Waals surface area contributed by atoms with Crippen molar-refractivity contribution in [2.75, 3.05) is 26.2 Å². The van der Waals surface area contributed by atoms with Gasteiger partial charge < -0.3 is 10.2 Å². The van der Waals surface area contributed by atoms with E-state index in [-0.39, 0.29) is 23.5 Å². The van der Waals surface area contributed by atoms with Gasteiger partial charge in [0.25, 0.3) is 11.6 Å². The maximum absolute atomic E-state index is 12.7. The van der Waals surface area contributed by atoms with Crippen LogP contribution in [0, 0.1) is 17.0 Å². The molecule has 1 atom stereocenters. The zero-order valence-electron chi connectivity index (χ0n) is 15.1. The number of carbonyl (C=O) groups is 2. The summed E-state index contributed by atoms with van der Waals surface area (Å²) in [6.07, 6.45) is 2.12. The van der Waals surface area contributed by atoms with E-state index in [0.29, 0.717) is 43.3 Å². The fourth-order valence-electron chi connectivity index (χ4n) is 3.15. The lowest BCUT2D eigenvalue weighted by Crippen LogP contribution is -2.55. The van der Waals surface area contributed by atoms with Crippen molar-refractivity contribution in [1.82, 2.24) is 15.1 Å². The molecule has 1 saturated heterocycles. The van der Waals surface area contributed by atoms with Crippen LogP contribution in [-0.4, -0.2) is 64.8 Å². The van der Waals surface area contributed by atoms with Crippen LogP contribution in [0.15, 0.2) is 18.2 Å². The van der Waals surface area contributed by atoms with E-state index >= 15 is 0 Å². The molecule has 0 spiro atoms. The van der Waals surface area contributed by atoms with Gasteiger partial charge >= 0.3 is 0 Å². The molecule has 1 aromatic carbocycles. The molecular formula is C18H24N4O4. The van der Waals surface area contributed by atoms with Crippen LogP contribution in [-0.2, 0) is 4.79 Å². The Morgan fingerprint density at radius 1 is 1.23 bits per heavy atom. The SMILES string of the molecule is Cc1ccc(C(=O)N2CCN(C(C)C(=O)NC3CC3)CC2)cc1[N+](=O)[O-]. The molecule has 1 aliphatic carbocycles. The Kier molecular flexibility index (Phi) is 5.22. The minimum Gasteiger partial charge on any atom is -0.352 e. The number of nitrogens with one attached hydrogen (secondary N) is 1. The highest BCUT2D eigenvalue weighted by Gasteiger charge is 2.31. The lowest BCUT2D eigenvalue weighted by atomic mass is 10.1. The van der Waals surface area contributed by atoms with Crippen molar-refractivity contribution in [2.45, 2.75) is 38.8 Å². The molecule has 1 unspecified atom stereocenters. The van der Waals surface area contributed by atoms with Gasteiger partial charge in [-0.2, -0.15) is 0 Å². The van der Waals surface area contributed by atoms with Crippen LogP contribution in [0.25, 0.3) is 0 Å². The van der Waals surface area contributed by atoms with E-state index in [4.69, 9.17) is 0 Å². The number of piperazine rings is 1. The van der Waals surface area contributed by atoms with Crippen LogP contribution in [0.1, 0.15) is 35.7 Å². The number of benzene rings is 1. The summed E-state index contributed by atoms with van der Waals surface area (Å²) in [5.41, 5.74) is 0.821. The summed E-state index contributed by atoms with van der Waals surface area (Å²) in [6, 6.07) is 4.70. The number of nitrogens with zero attached hydrogens (tertiary/aromatic N) is 3. The number of hydrogen-bond acceptors (Lipinski definition) is 5. The number of hydrogen-bond donors (Lipinski definition) is 1. The molecule has 140 valence electrons. The topological polar surface area (TPSA) is 95.8 Å². The number of aryl methyl sites for hydroxylation is 1. The molecule has 0 radical (unpaired) electrons. The number of carbonyl (C=O) groups excluding carboxylic acids is 2. The van der Waals surface area contributed by atoms with Crippen molar-refractivity contribution >= 4 is 17.5 Å². The Balaban J connectivity index is 1.59. The first-order valence-electron chi connectivity index (χ1n) is 8.95. The van der Waals surface area contributed by atoms with Gasteiger partial charge in [0.2, 0.25) is 5.91 Å². The van der Waals surface area contributed by atoms with Crippen LogP contribution in [0.3, 0.4) is 0 Å². The first kappa shape index (κ1) is 18.3. The Hall–Kier alpha value is -2.48. The van der Waals surface area contributed by atoms with Crippen molar-refractivity contribution in [2.24, 2.45) is 0 Å². The van der Waals surface area contributed by atoms with Crippen molar-refractivity contribution < 1.29 is 14.5 Å². The summed E-state index contributed by atoms with van der Waals surface area (Å²) in [5, 5.41) is 14.1. The van der Waals surface area contributed by atoms with Gasteiger partial charge in [-0.3, -0.25) is 24.6 Å². The van der Waals surface area contributed by atoms with Gasteiger partial charge in [0.05, 0.1) is 11.0 Å². The zero-order valence-corrected chi connectivity index (χ0v) is 15.1. The fraction of sp³-hybridized carbons (Fsp3) is 0.556. The second kappa shape index (κ2) is 7.41. The van der Waals surface area contributed by atoms with Crippen LogP contribution >= 0.6 is 0 Å². The lowest BCUT2D eigenvalue weighted by molar-refractivity contribution is -0.385. The number of nitro groups is 1. The molecule has 3 rings (SSSR count). The van der Waals surface area contributed by atoms with Gasteiger partial charge in [-0.1, -0.05) is 6.07 Å². The van der Waals surface area contributed by atoms with Gasteiger partial charge in [-0.15, -0.1) is 0 Å². The fourth-order valence-corrected chi connectivity index (χ4v) is 3.15. The predicted molar refractivity (Wildman–Crippen MR) is 95.9 cm³/mol. The van der Waals surface area contributed by atoms with E-state index in [9.17, 15) is 19.7 Å². The third-order valence-electron chi connectivity index (χ3n) is 5.11. The van der Waals surface area contributed by atoms with E-state index in [0.717, 1.165) is 12.8 Å². The molecule has 2 fully saturated rings. The summed E-state index contributed by atoms with van der Waals surface area (Å²) < 4.78 is 0. The molecule has 2 amide bonds. The molecular weight excluding hydrogens is 336 g/mol. The summed E-state index contributed by atoms with van der Waals surface area (Å²) in [6.45, 7) is 5.76. The van der Waals surface area contributed by atoms with Gasteiger partial charge in [0.15, 0.2) is 0 Å². The standard InChI is InChI=1S/C18H24N4O4/c1-12-3-4-14(11-16(12)22(25)26)18(24)21-9-7-20(8-10-21)13(2)17(23)19-15-5-6-15/h3-4,11,13,15H,5-10H2,1-2H3,(H,19,23). The maximum atomic E-state index is 12.7. The van der Waals surface area contributed by atoms with Crippen molar-refractivity contribution in [3.05, 3.63) is 39.4 Å². The first-order chi connectivity index (χ1) is 12.4. The van der Waals surface area contributed by atoms with Gasteiger partial charge in [-0.25, -0.2) is 0 Å². The van der Waals surface area contributed by atoms with Gasteiger partial charge in [-0.05, 0) is 32.8 Å². The molecule has 8 heteroatoms. The Morgan fingerprint density at radius 3 is 2.46 bits per heavy atom. The van der Waals surface area contributed by atoms with Crippen molar-refractivity contribution in [3.8, 4) is 0 Å². The van der Waals surface area contributed by atoms with Crippen LogP contribution in [0.2, 0.25) is 0 Å². The van der Waals surface area contributed by atoms with Crippen molar-refractivity contribution in [3.63, 3.8) is 0 Å². The highest BCUT2D eigenvalue weighted by molar-refractivity contribution is 5.95. The summed E-state index contributed by atoms with van der Waals surface area (Å²) in [4.78, 5) is 39.2. The average Bonchev–Trinajstić information content (AvgIpc) is 3.44. The highest BCUT2D eigenvalue weighted by Crippen LogP contribution is 2.21. The lowest BCUT2D eigenvalue weighted by Gasteiger charge is -2.37. The second-order valence-corrected chi connectivity index (χ2v) is 7.05. The molecule has 8 nitrogen and oxygen atoms in total. The third-order valence-corrected chi connectivity index (χ3v) is 5.11. The molecule has 2 aliphatic rings. The van der Waals surface area contributed by atoms with E-state index < -0.39 is 4.92 Å². The number of nitro benzene ring substituents is 1. The predicted octanol–water partition coefficient (Wildman–Crippen LogP) is 1.33. The Morgan fingerprint density at radius 2 is 1.88 bits per heavy atom. The molecule has 1 heterocycles. The maximum Gasteiger partial charge on any atom is 0.273 e. The first-order valence-corrected chi connectivity index (χ1v) is 8.95. The smallest absolute Gasteiger partial charge is 0.273 e. The van der Waals surface area contributed by atoms with Crippen LogP contribution in [0.5, 0.6) is 0 Å². The normalized spacial score (nSPS) is 19.1. The molecule has 0 aromatic heterocycles. The molecule has 1 N–H and O–H groups in total. The van der Waals surface area contributed by atoms with Gasteiger partial charge in [0.1, 0.15) is 0 Å². The second-order valence-electron chi connectivity index (χ2n) is 7.05. The van der Waals surface area contributed by atoms with E-state index in [1.807, 2.05) is 6.92 Å². The summed E-state index contributed by atoms with van der Waals surface area (Å²) in [5.74, 6) is -0.163. The molecule has 0 bridgehead atoms. The molecule has 1 saturated carbocycles. The minimum absolute atomic E-state index is 0.0418. The largest absolute Gasteiger partial charge is 0.352 e. The third kappa shape index (κ3) is 4.01. The van der Waals surface area contributed by atoms with Crippen molar-refractivity contribution in [1.29, 1.82) is 0 Å². The molecule has 1 aromatic rings. The molecule has 26 heavy (non-hydrogen) atoms. The Labute approximate surface area is 152 Å². The molecule has 1 aliphatic heterocycles. The average molecular weight is 360 g/mol. The van der Waals surface area contributed by atoms with Crippen LogP contribution < -0.4 is 5.32 Å².